The van der Waals surface area contributed by atoms with E-state index in [1.54, 1.807) is 6.92 Å². The number of hydrogen-bond donors (Lipinski definition) is 3. The highest BCUT2D eigenvalue weighted by atomic mass is 32.9. The topological polar surface area (TPSA) is 103 Å². The fourth-order valence-corrected chi connectivity index (χ4v) is 6.80. The standard InChI is InChI=1S/C24H25N2O6PS2/c1-14-11-26(24(29)25-23(14)28)22-10-20(21(12-27)31-22)32-33(34,35)30-13-19-17-8-4-2-6-15(17)16-7-3-5-9-18(16)19/h2-9,11,19-22,27H,10,12-13H2,1H3,(H,34,35)(H,25,28,29)/t20-,21+,22+/m0/s1. The lowest BCUT2D eigenvalue weighted by molar-refractivity contribution is -0.0421. The van der Waals surface area contributed by atoms with Gasteiger partial charge in [-0.1, -0.05) is 60.8 Å². The molecule has 3 aromatic rings. The van der Waals surface area contributed by atoms with E-state index in [0.717, 1.165) is 0 Å². The molecule has 1 aromatic heterocycles. The highest BCUT2D eigenvalue weighted by molar-refractivity contribution is 8.60. The Morgan fingerprint density at radius 1 is 1.17 bits per heavy atom. The fraction of sp³-hybridized carbons (Fsp3) is 0.333. The normalized spacial score (nSPS) is 23.1. The van der Waals surface area contributed by atoms with Crippen LogP contribution < -0.4 is 11.2 Å². The van der Waals surface area contributed by atoms with Gasteiger partial charge in [0.2, 0.25) is 5.69 Å². The molecule has 1 unspecified atom stereocenters. The lowest BCUT2D eigenvalue weighted by Gasteiger charge is -2.25. The molecular weight excluding hydrogens is 507 g/mol. The van der Waals surface area contributed by atoms with Crippen LogP contribution in [0, 0.1) is 6.92 Å². The Labute approximate surface area is 212 Å². The molecule has 4 atom stereocenters. The first kappa shape index (κ1) is 24.6. The minimum atomic E-state index is -3.02. The first-order valence-electron chi connectivity index (χ1n) is 11.2. The molecule has 0 bridgehead atoms. The Kier molecular flexibility index (Phi) is 6.89. The van der Waals surface area contributed by atoms with Crippen molar-refractivity contribution in [3.8, 4) is 11.1 Å². The number of aliphatic hydroxyl groups is 1. The Bertz CT molecular complexity index is 1380. The van der Waals surface area contributed by atoms with E-state index in [0.29, 0.717) is 12.2 Å². The number of H-pyrrole nitrogens is 1. The van der Waals surface area contributed by atoms with Gasteiger partial charge in [0.1, 0.15) is 12.3 Å². The number of aromatic nitrogens is 2. The van der Waals surface area contributed by atoms with Crippen molar-refractivity contribution in [3.05, 3.63) is 92.3 Å². The zero-order valence-electron chi connectivity index (χ0n) is 18.9. The van der Waals surface area contributed by atoms with Crippen molar-refractivity contribution in [2.45, 2.75) is 37.7 Å². The van der Waals surface area contributed by atoms with E-state index < -0.39 is 35.4 Å². The SMILES string of the molecule is Cc1cn([C@H]2C[C@H](OP(=S)(S)OCC3c4ccccc4-c4ccccc43)[C@@H](CO)O2)c(=O)[nH]c1=O. The van der Waals surface area contributed by atoms with Gasteiger partial charge in [0, 0.05) is 24.1 Å². The minimum absolute atomic E-state index is 0.00406. The van der Waals surface area contributed by atoms with Gasteiger partial charge in [-0.3, -0.25) is 14.3 Å². The number of thiol groups is 1. The van der Waals surface area contributed by atoms with E-state index in [9.17, 15) is 14.7 Å². The molecule has 5 rings (SSSR count). The van der Waals surface area contributed by atoms with Gasteiger partial charge >= 0.3 is 5.69 Å². The van der Waals surface area contributed by atoms with Gasteiger partial charge in [0.05, 0.1) is 19.3 Å². The second kappa shape index (κ2) is 9.78. The second-order valence-electron chi connectivity index (χ2n) is 8.66. The van der Waals surface area contributed by atoms with E-state index in [2.05, 4.69) is 41.5 Å². The van der Waals surface area contributed by atoms with Crippen LogP contribution in [0.1, 0.15) is 35.3 Å². The summed E-state index contributed by atoms with van der Waals surface area (Å²) in [5.41, 5.74) is 0.998. The number of aryl methyl sites for hydroxylation is 1. The van der Waals surface area contributed by atoms with Gasteiger partial charge < -0.3 is 18.9 Å². The Morgan fingerprint density at radius 2 is 1.80 bits per heavy atom. The summed E-state index contributed by atoms with van der Waals surface area (Å²) < 4.78 is 19.3. The van der Waals surface area contributed by atoms with Crippen LogP contribution in [-0.2, 0) is 25.6 Å². The molecule has 1 aliphatic carbocycles. The molecule has 2 aliphatic rings. The van der Waals surface area contributed by atoms with Gasteiger partial charge in [0.25, 0.3) is 5.56 Å². The summed E-state index contributed by atoms with van der Waals surface area (Å²) in [6, 6.07) is 16.4. The zero-order valence-corrected chi connectivity index (χ0v) is 21.5. The molecule has 8 nitrogen and oxygen atoms in total. The quantitative estimate of drug-likeness (QED) is 0.316. The first-order valence-corrected chi connectivity index (χ1v) is 15.0. The van der Waals surface area contributed by atoms with Gasteiger partial charge in [-0.15, -0.1) is 0 Å². The van der Waals surface area contributed by atoms with Gasteiger partial charge in [-0.2, -0.15) is 0 Å². The van der Waals surface area contributed by atoms with Crippen LogP contribution in [0.4, 0.5) is 0 Å². The van der Waals surface area contributed by atoms with Crippen molar-refractivity contribution < 1.29 is 18.9 Å². The summed E-state index contributed by atoms with van der Waals surface area (Å²) in [6.07, 6.45) is -0.392. The van der Waals surface area contributed by atoms with Crippen LogP contribution in [0.5, 0.6) is 0 Å². The molecule has 2 heterocycles. The van der Waals surface area contributed by atoms with Crippen molar-refractivity contribution in [1.82, 2.24) is 9.55 Å². The van der Waals surface area contributed by atoms with Crippen molar-refractivity contribution in [1.29, 1.82) is 0 Å². The zero-order chi connectivity index (χ0) is 24.7. The highest BCUT2D eigenvalue weighted by Crippen LogP contribution is 2.58. The molecule has 0 saturated carbocycles. The van der Waals surface area contributed by atoms with E-state index in [1.165, 1.54) is 33.0 Å². The Hall–Kier alpha value is -2.04. The molecule has 0 spiro atoms. The number of fused-ring (bicyclic) bond motifs is 3. The summed E-state index contributed by atoms with van der Waals surface area (Å²) in [6.45, 7) is 1.57. The van der Waals surface area contributed by atoms with Crippen molar-refractivity contribution in [2.24, 2.45) is 0 Å². The number of ether oxygens (including phenoxy) is 1. The molecule has 0 radical (unpaired) electrons. The third kappa shape index (κ3) is 4.84. The maximum atomic E-state index is 12.3. The predicted octanol–water partition coefficient (Wildman–Crippen LogP) is 3.49. The van der Waals surface area contributed by atoms with Crippen molar-refractivity contribution in [3.63, 3.8) is 0 Å². The summed E-state index contributed by atoms with van der Waals surface area (Å²) in [7, 11) is 0. The van der Waals surface area contributed by atoms with Gasteiger partial charge in [-0.05, 0) is 41.0 Å². The van der Waals surface area contributed by atoms with E-state index in [4.69, 9.17) is 25.6 Å². The maximum absolute atomic E-state index is 12.3. The third-order valence-electron chi connectivity index (χ3n) is 6.45. The minimum Gasteiger partial charge on any atom is -0.394 e. The molecule has 1 fully saturated rings. The van der Waals surface area contributed by atoms with Crippen LogP contribution in [0.3, 0.4) is 0 Å². The second-order valence-corrected chi connectivity index (χ2v) is 13.9. The number of aliphatic hydroxyl groups excluding tert-OH is 1. The van der Waals surface area contributed by atoms with Crippen LogP contribution in [-0.4, -0.2) is 40.1 Å². The maximum Gasteiger partial charge on any atom is 0.330 e. The summed E-state index contributed by atoms with van der Waals surface area (Å²) in [5.74, 6) is 0.00406. The van der Waals surface area contributed by atoms with Crippen LogP contribution in [0.15, 0.2) is 64.3 Å². The average molecular weight is 533 g/mol. The predicted molar refractivity (Wildman–Crippen MR) is 139 cm³/mol. The molecule has 11 heteroatoms. The molecule has 0 amide bonds. The number of benzene rings is 2. The summed E-state index contributed by atoms with van der Waals surface area (Å²) >= 11 is 10.2. The molecule has 184 valence electrons. The lowest BCUT2D eigenvalue weighted by atomic mass is 9.98. The third-order valence-corrected chi connectivity index (χ3v) is 8.67. The monoisotopic (exact) mass is 532 g/mol. The molecule has 1 aliphatic heterocycles. The summed E-state index contributed by atoms with van der Waals surface area (Å²) in [5, 5.41) is 9.85. The first-order chi connectivity index (χ1) is 16.8. The number of rotatable bonds is 7. The molecule has 2 N–H and O–H groups in total. The van der Waals surface area contributed by atoms with Crippen molar-refractivity contribution >= 4 is 29.7 Å². The average Bonchev–Trinajstić information content (AvgIpc) is 3.38. The van der Waals surface area contributed by atoms with Crippen LogP contribution >= 0.6 is 17.9 Å². The van der Waals surface area contributed by atoms with Crippen LogP contribution in [0.2, 0.25) is 0 Å². The van der Waals surface area contributed by atoms with E-state index in [1.807, 2.05) is 24.3 Å². The molecular formula is C24H25N2O6PS2. The number of aromatic amines is 1. The Morgan fingerprint density at radius 3 is 2.43 bits per heavy atom. The van der Waals surface area contributed by atoms with Crippen molar-refractivity contribution in [2.75, 3.05) is 13.2 Å². The fourth-order valence-electron chi connectivity index (χ4n) is 4.76. The van der Waals surface area contributed by atoms with Crippen LogP contribution in [0.25, 0.3) is 11.1 Å². The Balaban J connectivity index is 1.31. The molecule has 35 heavy (non-hydrogen) atoms. The van der Waals surface area contributed by atoms with E-state index >= 15 is 0 Å². The smallest absolute Gasteiger partial charge is 0.330 e. The summed E-state index contributed by atoms with van der Waals surface area (Å²) in [4.78, 5) is 26.3. The number of hydrogen-bond acceptors (Lipinski definition) is 7. The largest absolute Gasteiger partial charge is 0.394 e. The number of nitrogens with one attached hydrogen (secondary N) is 1. The lowest BCUT2D eigenvalue weighted by Crippen LogP contribution is -2.33. The molecule has 2 aromatic carbocycles. The number of nitrogens with zero attached hydrogens (tertiary/aromatic N) is 1. The van der Waals surface area contributed by atoms with Gasteiger partial charge in [-0.25, -0.2) is 4.79 Å². The van der Waals surface area contributed by atoms with Gasteiger partial charge in [0.15, 0.2) is 0 Å². The highest BCUT2D eigenvalue weighted by Gasteiger charge is 2.40. The molecule has 1 saturated heterocycles. The van der Waals surface area contributed by atoms with E-state index in [-0.39, 0.29) is 18.9 Å².